The summed E-state index contributed by atoms with van der Waals surface area (Å²) in [5, 5.41) is 0. The summed E-state index contributed by atoms with van der Waals surface area (Å²) in [7, 11) is 1.63. The lowest BCUT2D eigenvalue weighted by Crippen LogP contribution is -1.87. The first-order valence-corrected chi connectivity index (χ1v) is 5.93. The Morgan fingerprint density at radius 1 is 1.18 bits per heavy atom. The van der Waals surface area contributed by atoms with Crippen molar-refractivity contribution in [2.45, 2.75) is 0 Å². The molecule has 0 spiro atoms. The summed E-state index contributed by atoms with van der Waals surface area (Å²) < 4.78 is 6.14. The summed E-state index contributed by atoms with van der Waals surface area (Å²) in [5.41, 5.74) is 2.65. The van der Waals surface area contributed by atoms with Gasteiger partial charge in [-0.3, -0.25) is 4.79 Å². The van der Waals surface area contributed by atoms with E-state index in [0.717, 1.165) is 27.6 Å². The number of methoxy groups -OCH3 is 1. The third kappa shape index (κ3) is 2.56. The molecule has 3 heteroatoms. The van der Waals surface area contributed by atoms with Crippen LogP contribution >= 0.6 is 15.9 Å². The molecule has 0 N–H and O–H groups in total. The van der Waals surface area contributed by atoms with E-state index < -0.39 is 0 Å². The summed E-state index contributed by atoms with van der Waals surface area (Å²) >= 11 is 3.49. The number of rotatable bonds is 3. The molecule has 0 saturated heterocycles. The van der Waals surface area contributed by atoms with Crippen molar-refractivity contribution >= 4 is 22.2 Å². The second-order valence-corrected chi connectivity index (χ2v) is 4.44. The number of hydrogen-bond acceptors (Lipinski definition) is 2. The monoisotopic (exact) mass is 290 g/mol. The van der Waals surface area contributed by atoms with E-state index in [1.807, 2.05) is 36.4 Å². The van der Waals surface area contributed by atoms with Gasteiger partial charge in [0, 0.05) is 10.0 Å². The lowest BCUT2D eigenvalue weighted by molar-refractivity contribution is 0.112. The second-order valence-electron chi connectivity index (χ2n) is 3.59. The van der Waals surface area contributed by atoms with E-state index in [0.29, 0.717) is 5.56 Å². The standard InChI is InChI=1S/C14H11BrO2/c1-17-12-4-2-3-11(8-12)13-7-10(9-16)5-6-14(13)15/h2-9H,1H3. The highest BCUT2D eigenvalue weighted by Crippen LogP contribution is 2.30. The molecular formula is C14H11BrO2. The molecule has 0 aromatic heterocycles. The Kier molecular flexibility index (Phi) is 3.59. The van der Waals surface area contributed by atoms with Crippen molar-refractivity contribution in [2.24, 2.45) is 0 Å². The van der Waals surface area contributed by atoms with Gasteiger partial charge < -0.3 is 4.74 Å². The molecule has 0 heterocycles. The van der Waals surface area contributed by atoms with Gasteiger partial charge in [0.05, 0.1) is 7.11 Å². The lowest BCUT2D eigenvalue weighted by Gasteiger charge is -2.07. The molecular weight excluding hydrogens is 280 g/mol. The average molecular weight is 291 g/mol. The quantitative estimate of drug-likeness (QED) is 0.801. The molecule has 2 aromatic carbocycles. The van der Waals surface area contributed by atoms with Crippen LogP contribution < -0.4 is 4.74 Å². The maximum Gasteiger partial charge on any atom is 0.150 e. The van der Waals surface area contributed by atoms with Crippen molar-refractivity contribution in [3.05, 3.63) is 52.5 Å². The molecule has 0 aliphatic carbocycles. The predicted molar refractivity (Wildman–Crippen MR) is 71.5 cm³/mol. The van der Waals surface area contributed by atoms with E-state index in [-0.39, 0.29) is 0 Å². The third-order valence-electron chi connectivity index (χ3n) is 2.51. The minimum absolute atomic E-state index is 0.658. The van der Waals surface area contributed by atoms with Gasteiger partial charge in [0.1, 0.15) is 12.0 Å². The van der Waals surface area contributed by atoms with Gasteiger partial charge in [-0.2, -0.15) is 0 Å². The van der Waals surface area contributed by atoms with Crippen LogP contribution in [0.1, 0.15) is 10.4 Å². The predicted octanol–water partition coefficient (Wildman–Crippen LogP) is 3.94. The van der Waals surface area contributed by atoms with Crippen molar-refractivity contribution < 1.29 is 9.53 Å². The van der Waals surface area contributed by atoms with Crippen LogP contribution in [-0.2, 0) is 0 Å². The molecule has 2 aromatic rings. The first kappa shape index (κ1) is 11.9. The van der Waals surface area contributed by atoms with Crippen LogP contribution in [0.15, 0.2) is 46.9 Å². The van der Waals surface area contributed by atoms with E-state index in [9.17, 15) is 4.79 Å². The number of ether oxygens (including phenoxy) is 1. The van der Waals surface area contributed by atoms with Crippen molar-refractivity contribution in [3.63, 3.8) is 0 Å². The van der Waals surface area contributed by atoms with Gasteiger partial charge in [0.25, 0.3) is 0 Å². The van der Waals surface area contributed by atoms with Crippen LogP contribution in [0.3, 0.4) is 0 Å². The summed E-state index contributed by atoms with van der Waals surface area (Å²) in [5.74, 6) is 0.797. The first-order chi connectivity index (χ1) is 8.24. The van der Waals surface area contributed by atoms with Gasteiger partial charge in [-0.1, -0.05) is 34.1 Å². The lowest BCUT2D eigenvalue weighted by atomic mass is 10.0. The highest BCUT2D eigenvalue weighted by atomic mass is 79.9. The first-order valence-electron chi connectivity index (χ1n) is 5.14. The Labute approximate surface area is 108 Å². The van der Waals surface area contributed by atoms with Gasteiger partial charge in [0.15, 0.2) is 0 Å². The Balaban J connectivity index is 2.54. The summed E-state index contributed by atoms with van der Waals surface area (Å²) in [6, 6.07) is 13.2. The summed E-state index contributed by atoms with van der Waals surface area (Å²) in [6.45, 7) is 0. The molecule has 0 unspecified atom stereocenters. The Morgan fingerprint density at radius 2 is 2.00 bits per heavy atom. The van der Waals surface area contributed by atoms with Gasteiger partial charge in [-0.15, -0.1) is 0 Å². The van der Waals surface area contributed by atoms with Gasteiger partial charge >= 0.3 is 0 Å². The fraction of sp³-hybridized carbons (Fsp3) is 0.0714. The molecule has 86 valence electrons. The van der Waals surface area contributed by atoms with E-state index in [4.69, 9.17) is 4.74 Å². The van der Waals surface area contributed by atoms with Crippen LogP contribution in [0.25, 0.3) is 11.1 Å². The van der Waals surface area contributed by atoms with Gasteiger partial charge in [0.2, 0.25) is 0 Å². The number of aldehydes is 1. The van der Waals surface area contributed by atoms with Crippen LogP contribution in [0.2, 0.25) is 0 Å². The summed E-state index contributed by atoms with van der Waals surface area (Å²) in [6.07, 6.45) is 0.843. The Morgan fingerprint density at radius 3 is 2.71 bits per heavy atom. The number of benzene rings is 2. The van der Waals surface area contributed by atoms with Crippen molar-refractivity contribution in [2.75, 3.05) is 7.11 Å². The van der Waals surface area contributed by atoms with Gasteiger partial charge in [-0.05, 0) is 35.4 Å². The molecule has 0 fully saturated rings. The van der Waals surface area contributed by atoms with Crippen molar-refractivity contribution in [1.82, 2.24) is 0 Å². The zero-order valence-corrected chi connectivity index (χ0v) is 10.9. The fourth-order valence-corrected chi connectivity index (χ4v) is 2.10. The zero-order valence-electron chi connectivity index (χ0n) is 9.31. The Hall–Kier alpha value is -1.61. The minimum atomic E-state index is 0.658. The molecule has 0 bridgehead atoms. The summed E-state index contributed by atoms with van der Waals surface area (Å²) in [4.78, 5) is 10.8. The average Bonchev–Trinajstić information content (AvgIpc) is 2.39. The van der Waals surface area contributed by atoms with Crippen LogP contribution in [0.4, 0.5) is 0 Å². The normalized spacial score (nSPS) is 10.0. The third-order valence-corrected chi connectivity index (χ3v) is 3.20. The molecule has 17 heavy (non-hydrogen) atoms. The second kappa shape index (κ2) is 5.15. The molecule has 2 rings (SSSR count). The van der Waals surface area contributed by atoms with E-state index in [2.05, 4.69) is 15.9 Å². The topological polar surface area (TPSA) is 26.3 Å². The number of carbonyl (C=O) groups excluding carboxylic acids is 1. The van der Waals surface area contributed by atoms with Crippen LogP contribution in [0.5, 0.6) is 5.75 Å². The number of halogens is 1. The van der Waals surface area contributed by atoms with Crippen LogP contribution in [-0.4, -0.2) is 13.4 Å². The Bertz CT molecular complexity index is 550. The maximum absolute atomic E-state index is 10.8. The highest BCUT2D eigenvalue weighted by Gasteiger charge is 2.05. The molecule has 0 amide bonds. The SMILES string of the molecule is COc1cccc(-c2cc(C=O)ccc2Br)c1. The molecule has 0 radical (unpaired) electrons. The van der Waals surface area contributed by atoms with Crippen molar-refractivity contribution in [1.29, 1.82) is 0 Å². The molecule has 0 aliphatic heterocycles. The maximum atomic E-state index is 10.8. The smallest absolute Gasteiger partial charge is 0.150 e. The highest BCUT2D eigenvalue weighted by molar-refractivity contribution is 9.10. The molecule has 0 atom stereocenters. The molecule has 0 saturated carbocycles. The zero-order chi connectivity index (χ0) is 12.3. The number of hydrogen-bond donors (Lipinski definition) is 0. The van der Waals surface area contributed by atoms with Crippen LogP contribution in [0, 0.1) is 0 Å². The molecule has 0 aliphatic rings. The molecule has 2 nitrogen and oxygen atoms in total. The fourth-order valence-electron chi connectivity index (χ4n) is 1.63. The van der Waals surface area contributed by atoms with Gasteiger partial charge in [-0.25, -0.2) is 0 Å². The minimum Gasteiger partial charge on any atom is -0.497 e. The van der Waals surface area contributed by atoms with E-state index in [1.54, 1.807) is 13.2 Å². The van der Waals surface area contributed by atoms with E-state index in [1.165, 1.54) is 0 Å². The van der Waals surface area contributed by atoms with Crippen molar-refractivity contribution in [3.8, 4) is 16.9 Å². The van der Waals surface area contributed by atoms with E-state index >= 15 is 0 Å². The largest absolute Gasteiger partial charge is 0.497 e. The number of carbonyl (C=O) groups is 1.